The summed E-state index contributed by atoms with van der Waals surface area (Å²) >= 11 is 3.24. The molecule has 0 aromatic heterocycles. The first-order chi connectivity index (χ1) is 10.8. The molecule has 0 aliphatic heterocycles. The van der Waals surface area contributed by atoms with E-state index in [0.717, 1.165) is 0 Å². The van der Waals surface area contributed by atoms with Crippen molar-refractivity contribution >= 4 is 26.7 Å². The smallest absolute Gasteiger partial charge is 0.132 e. The van der Waals surface area contributed by atoms with Crippen molar-refractivity contribution in [2.75, 3.05) is 0 Å². The number of phenolic OH excluding ortho intramolecular Hbond substituents is 1. The maximum atomic E-state index is 14.1. The van der Waals surface area contributed by atoms with Crippen LogP contribution in [0.3, 0.4) is 0 Å². The summed E-state index contributed by atoms with van der Waals surface area (Å²) in [7, 11) is 0. The molecule has 3 aromatic carbocycles. The first-order valence-corrected chi connectivity index (χ1v) is 6.30. The fourth-order valence-electron chi connectivity index (χ4n) is 1.97. The molecule has 0 bridgehead atoms. The van der Waals surface area contributed by atoms with Crippen molar-refractivity contribution in [3.63, 3.8) is 0 Å². The Bertz CT molecular complexity index is 939. The van der Waals surface area contributed by atoms with Crippen molar-refractivity contribution in [2.24, 2.45) is 0 Å². The van der Waals surface area contributed by atoms with Gasteiger partial charge >= 0.3 is 0 Å². The molecule has 0 radical (unpaired) electrons. The number of halogens is 2. The Balaban J connectivity index is 2.46. The first kappa shape index (κ1) is 8.33. The Kier molecular flexibility index (Phi) is 2.05. The number of fused-ring (bicyclic) bond motifs is 1. The third kappa shape index (κ3) is 2.00. The van der Waals surface area contributed by atoms with E-state index in [1.807, 2.05) is 0 Å². The summed E-state index contributed by atoms with van der Waals surface area (Å²) in [6.45, 7) is 0. The molecule has 94 valence electrons. The van der Waals surface area contributed by atoms with Gasteiger partial charge in [0.1, 0.15) is 11.6 Å². The van der Waals surface area contributed by atoms with Gasteiger partial charge in [-0.2, -0.15) is 0 Å². The average molecular weight is 321 g/mol. The van der Waals surface area contributed by atoms with E-state index >= 15 is 0 Å². The number of hydrogen-bond donors (Lipinski definition) is 1. The normalized spacial score (nSPS) is 13.8. The van der Waals surface area contributed by atoms with Crippen molar-refractivity contribution < 1.29 is 15.0 Å². The summed E-state index contributed by atoms with van der Waals surface area (Å²) in [6, 6.07) is 5.90. The molecule has 0 saturated carbocycles. The van der Waals surface area contributed by atoms with Crippen molar-refractivity contribution in [3.05, 3.63) is 64.8 Å². The van der Waals surface area contributed by atoms with E-state index in [9.17, 15) is 9.50 Å². The summed E-state index contributed by atoms with van der Waals surface area (Å²) in [5.74, 6) is -0.921. The Labute approximate surface area is 124 Å². The zero-order valence-electron chi connectivity index (χ0n) is 13.6. The molecule has 3 heteroatoms. The second-order valence-electron chi connectivity index (χ2n) is 3.98. The highest BCUT2D eigenvalue weighted by atomic mass is 79.9. The number of benzene rings is 3. The van der Waals surface area contributed by atoms with Gasteiger partial charge < -0.3 is 5.11 Å². The minimum atomic E-state index is -0.546. The van der Waals surface area contributed by atoms with Crippen LogP contribution in [0.1, 0.15) is 5.48 Å². The zero-order chi connectivity index (χ0) is 16.9. The highest BCUT2D eigenvalue weighted by Crippen LogP contribution is 2.40. The molecule has 19 heavy (non-hydrogen) atoms. The SMILES string of the molecule is [2H]c1c([2H])c([2H])c2c(O)c(-c3c(F)cccc3Br)ccc2c1[2H]. The van der Waals surface area contributed by atoms with Crippen LogP contribution < -0.4 is 0 Å². The molecule has 0 fully saturated rings. The molecular formula is C16H10BrFO. The van der Waals surface area contributed by atoms with Gasteiger partial charge in [-0.3, -0.25) is 0 Å². The number of aromatic hydroxyl groups is 1. The van der Waals surface area contributed by atoms with Crippen LogP contribution in [0.5, 0.6) is 5.75 Å². The predicted octanol–water partition coefficient (Wildman–Crippen LogP) is 5.11. The highest BCUT2D eigenvalue weighted by molar-refractivity contribution is 9.10. The lowest BCUT2D eigenvalue weighted by atomic mass is 9.99. The molecule has 0 heterocycles. The Hall–Kier alpha value is -1.87. The van der Waals surface area contributed by atoms with Crippen molar-refractivity contribution in [1.29, 1.82) is 0 Å². The fourth-order valence-corrected chi connectivity index (χ4v) is 2.53. The van der Waals surface area contributed by atoms with Crippen molar-refractivity contribution in [2.45, 2.75) is 0 Å². The maximum absolute atomic E-state index is 14.1. The lowest BCUT2D eigenvalue weighted by Crippen LogP contribution is -1.87. The van der Waals surface area contributed by atoms with Gasteiger partial charge in [-0.1, -0.05) is 52.2 Å². The van der Waals surface area contributed by atoms with Gasteiger partial charge in [0.15, 0.2) is 0 Å². The van der Waals surface area contributed by atoms with Gasteiger partial charge in [0.05, 0.1) is 5.48 Å². The maximum Gasteiger partial charge on any atom is 0.132 e. The molecule has 0 atom stereocenters. The van der Waals surface area contributed by atoms with Crippen LogP contribution in [-0.4, -0.2) is 5.11 Å². The highest BCUT2D eigenvalue weighted by Gasteiger charge is 2.14. The number of rotatable bonds is 1. The minimum Gasteiger partial charge on any atom is -0.507 e. The van der Waals surface area contributed by atoms with E-state index in [2.05, 4.69) is 15.9 Å². The van der Waals surface area contributed by atoms with Crippen LogP contribution in [0.25, 0.3) is 21.9 Å². The van der Waals surface area contributed by atoms with Crippen LogP contribution >= 0.6 is 15.9 Å². The van der Waals surface area contributed by atoms with Gasteiger partial charge in [-0.05, 0) is 23.6 Å². The topological polar surface area (TPSA) is 20.2 Å². The van der Waals surface area contributed by atoms with Gasteiger partial charge in [0.25, 0.3) is 0 Å². The molecular weight excluding hydrogens is 307 g/mol. The van der Waals surface area contributed by atoms with E-state index in [4.69, 9.17) is 5.48 Å². The second kappa shape index (κ2) is 4.67. The monoisotopic (exact) mass is 320 g/mol. The largest absolute Gasteiger partial charge is 0.507 e. The van der Waals surface area contributed by atoms with Crippen LogP contribution in [-0.2, 0) is 0 Å². The number of hydrogen-bond acceptors (Lipinski definition) is 1. The quantitative estimate of drug-likeness (QED) is 0.660. The molecule has 0 spiro atoms. The third-order valence-corrected chi connectivity index (χ3v) is 3.52. The van der Waals surface area contributed by atoms with E-state index in [1.165, 1.54) is 24.3 Å². The van der Waals surface area contributed by atoms with Crippen molar-refractivity contribution in [3.8, 4) is 16.9 Å². The van der Waals surface area contributed by atoms with E-state index in [0.29, 0.717) is 4.47 Å². The van der Waals surface area contributed by atoms with Crippen molar-refractivity contribution in [1.82, 2.24) is 0 Å². The summed E-state index contributed by atoms with van der Waals surface area (Å²) in [5, 5.41) is 10.7. The second-order valence-corrected chi connectivity index (χ2v) is 4.84. The first-order valence-electron chi connectivity index (χ1n) is 7.51. The lowest BCUT2D eigenvalue weighted by Gasteiger charge is -2.10. The van der Waals surface area contributed by atoms with Crippen LogP contribution in [0.4, 0.5) is 4.39 Å². The molecule has 3 aromatic rings. The minimum absolute atomic E-state index is 0.0244. The van der Waals surface area contributed by atoms with Crippen LogP contribution in [0, 0.1) is 5.82 Å². The summed E-state index contributed by atoms with van der Waals surface area (Å²) in [5.41, 5.74) is 0.298. The fraction of sp³-hybridized carbons (Fsp3) is 0. The molecule has 0 saturated heterocycles. The standard InChI is InChI=1S/C16H10BrFO/c17-13-6-3-7-14(18)15(13)12-9-8-10-4-1-2-5-11(10)16(12)19/h1-9,19H/i1D,2D,4D,5D. The molecule has 0 aliphatic carbocycles. The summed E-state index contributed by atoms with van der Waals surface area (Å²) < 4.78 is 45.9. The van der Waals surface area contributed by atoms with E-state index in [-0.39, 0.29) is 45.8 Å². The average Bonchev–Trinajstić information content (AvgIpc) is 2.52. The van der Waals surface area contributed by atoms with Crippen LogP contribution in [0.15, 0.2) is 59.0 Å². The van der Waals surface area contributed by atoms with E-state index in [1.54, 1.807) is 6.07 Å². The third-order valence-electron chi connectivity index (χ3n) is 2.86. The molecule has 1 nitrogen and oxygen atoms in total. The molecule has 0 amide bonds. The van der Waals surface area contributed by atoms with Crippen LogP contribution in [0.2, 0.25) is 0 Å². The van der Waals surface area contributed by atoms with Gasteiger partial charge in [0, 0.05) is 21.0 Å². The number of phenols is 1. The predicted molar refractivity (Wildman–Crippen MR) is 78.7 cm³/mol. The molecule has 0 unspecified atom stereocenters. The lowest BCUT2D eigenvalue weighted by molar-refractivity contribution is 0.483. The van der Waals surface area contributed by atoms with Gasteiger partial charge in [0.2, 0.25) is 0 Å². The Morgan fingerprint density at radius 1 is 1.11 bits per heavy atom. The zero-order valence-corrected chi connectivity index (χ0v) is 11.2. The molecule has 1 N–H and O–H groups in total. The summed E-state index contributed by atoms with van der Waals surface area (Å²) in [6.07, 6.45) is 0. The van der Waals surface area contributed by atoms with Gasteiger partial charge in [-0.25, -0.2) is 4.39 Å². The Morgan fingerprint density at radius 2 is 1.89 bits per heavy atom. The Morgan fingerprint density at radius 3 is 2.68 bits per heavy atom. The van der Waals surface area contributed by atoms with E-state index < -0.39 is 11.9 Å². The molecule has 0 aliphatic rings. The van der Waals surface area contributed by atoms with Gasteiger partial charge in [-0.15, -0.1) is 0 Å². The summed E-state index contributed by atoms with van der Waals surface area (Å²) in [4.78, 5) is 0. The molecule has 3 rings (SSSR count).